The van der Waals surface area contributed by atoms with Gasteiger partial charge in [0.25, 0.3) is 5.91 Å². The molecule has 7 heteroatoms. The van der Waals surface area contributed by atoms with Crippen molar-refractivity contribution in [3.63, 3.8) is 0 Å². The van der Waals surface area contributed by atoms with Crippen LogP contribution >= 0.6 is 12.4 Å². The predicted octanol–water partition coefficient (Wildman–Crippen LogP) is 3.42. The molecule has 1 aliphatic heterocycles. The van der Waals surface area contributed by atoms with Crippen molar-refractivity contribution in [1.29, 1.82) is 0 Å². The Labute approximate surface area is 173 Å². The molecule has 0 bridgehead atoms. The topological polar surface area (TPSA) is 80.5 Å². The molecule has 0 aliphatic carbocycles. The molecule has 3 rings (SSSR count). The van der Waals surface area contributed by atoms with Crippen LogP contribution in [-0.4, -0.2) is 37.9 Å². The highest BCUT2D eigenvalue weighted by atomic mass is 35.5. The van der Waals surface area contributed by atoms with Crippen LogP contribution in [-0.2, 0) is 15.6 Å². The highest BCUT2D eigenvalue weighted by Crippen LogP contribution is 2.23. The highest BCUT2D eigenvalue weighted by molar-refractivity contribution is 7.90. The molecule has 2 aromatic rings. The lowest BCUT2D eigenvalue weighted by Gasteiger charge is -2.38. The molecule has 0 spiro atoms. The third-order valence-corrected chi connectivity index (χ3v) is 6.78. The number of nitrogens with zero attached hydrogens (tertiary/aromatic N) is 1. The fourth-order valence-electron chi connectivity index (χ4n) is 3.60. The number of benzene rings is 2. The smallest absolute Gasteiger partial charge is 0.254 e. The van der Waals surface area contributed by atoms with Gasteiger partial charge in [-0.15, -0.1) is 12.4 Å². The Kier molecular flexibility index (Phi) is 7.63. The summed E-state index contributed by atoms with van der Waals surface area (Å²) in [7, 11) is -3.45. The van der Waals surface area contributed by atoms with Crippen LogP contribution in [0.1, 0.15) is 42.1 Å². The van der Waals surface area contributed by atoms with Crippen LogP contribution < -0.4 is 5.73 Å². The Balaban J connectivity index is 0.00000280. The van der Waals surface area contributed by atoms with Crippen molar-refractivity contribution in [3.8, 4) is 0 Å². The first-order valence-corrected chi connectivity index (χ1v) is 11.0. The van der Waals surface area contributed by atoms with Crippen molar-refractivity contribution < 1.29 is 13.2 Å². The van der Waals surface area contributed by atoms with Crippen LogP contribution in [0, 0.1) is 0 Å². The molecule has 2 atom stereocenters. The molecule has 1 fully saturated rings. The Morgan fingerprint density at radius 3 is 2.36 bits per heavy atom. The minimum absolute atomic E-state index is 0. The third kappa shape index (κ3) is 5.13. The maximum atomic E-state index is 12.9. The van der Waals surface area contributed by atoms with E-state index in [-0.39, 0.29) is 41.0 Å². The largest absolute Gasteiger partial charge is 0.334 e. The Bertz CT molecular complexity index is 884. The second-order valence-corrected chi connectivity index (χ2v) is 9.18. The van der Waals surface area contributed by atoms with E-state index in [1.54, 1.807) is 24.3 Å². The number of nitrogens with two attached hydrogens (primary N) is 1. The van der Waals surface area contributed by atoms with Gasteiger partial charge in [0.1, 0.15) is 0 Å². The fraction of sp³-hybridized carbons (Fsp3) is 0.381. The van der Waals surface area contributed by atoms with Gasteiger partial charge in [-0.25, -0.2) is 8.42 Å². The monoisotopic (exact) mass is 422 g/mol. The number of likely N-dealkylation sites (tertiary alicyclic amines) is 1. The van der Waals surface area contributed by atoms with E-state index in [1.165, 1.54) is 12.1 Å². The number of sulfone groups is 1. The van der Waals surface area contributed by atoms with Gasteiger partial charge in [-0.3, -0.25) is 4.79 Å². The second-order valence-electron chi connectivity index (χ2n) is 7.19. The summed E-state index contributed by atoms with van der Waals surface area (Å²) in [5, 5.41) is 0. The molecular weight excluding hydrogens is 396 g/mol. The van der Waals surface area contributed by atoms with Gasteiger partial charge in [0.05, 0.1) is 10.6 Å². The van der Waals surface area contributed by atoms with Crippen LogP contribution in [0.3, 0.4) is 0 Å². The maximum absolute atomic E-state index is 12.9. The van der Waals surface area contributed by atoms with Gasteiger partial charge >= 0.3 is 0 Å². The lowest BCUT2D eigenvalue weighted by Crippen LogP contribution is -2.51. The summed E-state index contributed by atoms with van der Waals surface area (Å²) >= 11 is 0. The number of rotatable bonds is 5. The first-order valence-electron chi connectivity index (χ1n) is 9.32. The lowest BCUT2D eigenvalue weighted by atomic mass is 9.96. The molecule has 0 aromatic heterocycles. The molecule has 1 heterocycles. The second kappa shape index (κ2) is 9.54. The van der Waals surface area contributed by atoms with E-state index in [0.717, 1.165) is 24.8 Å². The summed E-state index contributed by atoms with van der Waals surface area (Å²) in [5.41, 5.74) is 7.30. The average Bonchev–Trinajstić information content (AvgIpc) is 2.68. The number of halogens is 1. The molecule has 5 nitrogen and oxygen atoms in total. The molecule has 152 valence electrons. The molecule has 1 saturated heterocycles. The van der Waals surface area contributed by atoms with Crippen LogP contribution in [0.25, 0.3) is 0 Å². The number of piperidine rings is 1. The quantitative estimate of drug-likeness (QED) is 0.800. The Morgan fingerprint density at radius 2 is 1.75 bits per heavy atom. The molecule has 2 unspecified atom stereocenters. The summed E-state index contributed by atoms with van der Waals surface area (Å²) in [6, 6.07) is 15.3. The highest BCUT2D eigenvalue weighted by Gasteiger charge is 2.30. The SMILES string of the molecule is CC(N)C1CCCCN1C(=O)c1ccc(S(=O)(=O)Cc2ccccc2)cc1.Cl. The number of carbonyl (C=O) groups is 1. The van der Waals surface area contributed by atoms with E-state index in [1.807, 2.05) is 30.0 Å². The van der Waals surface area contributed by atoms with E-state index in [9.17, 15) is 13.2 Å². The molecule has 0 saturated carbocycles. The summed E-state index contributed by atoms with van der Waals surface area (Å²) in [6.07, 6.45) is 2.96. The molecule has 2 N–H and O–H groups in total. The van der Waals surface area contributed by atoms with Crippen molar-refractivity contribution in [2.45, 2.75) is 48.9 Å². The Morgan fingerprint density at radius 1 is 1.11 bits per heavy atom. The van der Waals surface area contributed by atoms with Crippen molar-refractivity contribution in [3.05, 3.63) is 65.7 Å². The molecule has 0 radical (unpaired) electrons. The minimum atomic E-state index is -3.45. The average molecular weight is 423 g/mol. The molecular formula is C21H27ClN2O3S. The summed E-state index contributed by atoms with van der Waals surface area (Å²) in [4.78, 5) is 14.9. The van der Waals surface area contributed by atoms with Crippen LogP contribution in [0.4, 0.5) is 0 Å². The van der Waals surface area contributed by atoms with Crippen LogP contribution in [0.15, 0.2) is 59.5 Å². The summed E-state index contributed by atoms with van der Waals surface area (Å²) < 4.78 is 25.2. The van der Waals surface area contributed by atoms with Crippen LogP contribution in [0.2, 0.25) is 0 Å². The van der Waals surface area contributed by atoms with Gasteiger partial charge in [-0.2, -0.15) is 0 Å². The summed E-state index contributed by atoms with van der Waals surface area (Å²) in [5.74, 6) is -0.135. The van der Waals surface area contributed by atoms with Gasteiger partial charge in [0.2, 0.25) is 0 Å². The standard InChI is InChI=1S/C21H26N2O3S.ClH/c1-16(22)20-9-5-6-14-23(20)21(24)18-10-12-19(13-11-18)27(25,26)15-17-7-3-2-4-8-17;/h2-4,7-8,10-13,16,20H,5-6,9,14-15,22H2,1H3;1H. The van der Waals surface area contributed by atoms with Crippen molar-refractivity contribution in [2.24, 2.45) is 5.73 Å². The van der Waals surface area contributed by atoms with Gasteiger partial charge in [0.15, 0.2) is 9.84 Å². The normalized spacial score (nSPS) is 18.2. The van der Waals surface area contributed by atoms with E-state index in [2.05, 4.69) is 0 Å². The van der Waals surface area contributed by atoms with E-state index in [4.69, 9.17) is 5.73 Å². The molecule has 2 aromatic carbocycles. The molecule has 1 amide bonds. The lowest BCUT2D eigenvalue weighted by molar-refractivity contribution is 0.0583. The fourth-order valence-corrected chi connectivity index (χ4v) is 4.95. The molecule has 28 heavy (non-hydrogen) atoms. The first kappa shape index (κ1) is 22.4. The zero-order chi connectivity index (χ0) is 19.4. The first-order chi connectivity index (χ1) is 12.9. The zero-order valence-electron chi connectivity index (χ0n) is 16.0. The molecule has 1 aliphatic rings. The third-order valence-electron chi connectivity index (χ3n) is 5.08. The number of hydrogen-bond donors (Lipinski definition) is 1. The summed E-state index contributed by atoms with van der Waals surface area (Å²) in [6.45, 7) is 2.62. The maximum Gasteiger partial charge on any atom is 0.254 e. The number of carbonyl (C=O) groups excluding carboxylic acids is 1. The Hall–Kier alpha value is -1.89. The van der Waals surface area contributed by atoms with Crippen molar-refractivity contribution in [1.82, 2.24) is 4.90 Å². The number of hydrogen-bond acceptors (Lipinski definition) is 4. The van der Waals surface area contributed by atoms with E-state index in [0.29, 0.717) is 12.1 Å². The van der Waals surface area contributed by atoms with Gasteiger partial charge in [-0.05, 0) is 56.0 Å². The van der Waals surface area contributed by atoms with Gasteiger partial charge in [-0.1, -0.05) is 30.3 Å². The van der Waals surface area contributed by atoms with Gasteiger partial charge in [0, 0.05) is 24.2 Å². The van der Waals surface area contributed by atoms with E-state index < -0.39 is 9.84 Å². The van der Waals surface area contributed by atoms with E-state index >= 15 is 0 Å². The van der Waals surface area contributed by atoms with Crippen molar-refractivity contribution >= 4 is 28.2 Å². The minimum Gasteiger partial charge on any atom is -0.334 e. The van der Waals surface area contributed by atoms with Crippen molar-refractivity contribution in [2.75, 3.05) is 6.54 Å². The number of amides is 1. The van der Waals surface area contributed by atoms with Gasteiger partial charge < -0.3 is 10.6 Å². The predicted molar refractivity (Wildman–Crippen MR) is 113 cm³/mol. The zero-order valence-corrected chi connectivity index (χ0v) is 17.6. The van der Waals surface area contributed by atoms with Crippen LogP contribution in [0.5, 0.6) is 0 Å².